The van der Waals surface area contributed by atoms with Crippen molar-refractivity contribution in [2.24, 2.45) is 0 Å². The minimum atomic E-state index is -0.430. The van der Waals surface area contributed by atoms with Crippen LogP contribution in [0, 0.1) is 12.7 Å². The van der Waals surface area contributed by atoms with Crippen molar-refractivity contribution in [1.82, 2.24) is 9.88 Å². The molecule has 1 aromatic heterocycles. The van der Waals surface area contributed by atoms with Gasteiger partial charge in [-0.1, -0.05) is 24.3 Å². The number of aromatic nitrogens is 1. The van der Waals surface area contributed by atoms with Crippen LogP contribution >= 0.6 is 0 Å². The number of carbonyl (C=O) groups is 2. The Kier molecular flexibility index (Phi) is 6.74. The first-order chi connectivity index (χ1) is 14.4. The molecule has 7 heteroatoms. The van der Waals surface area contributed by atoms with Crippen molar-refractivity contribution in [3.05, 3.63) is 71.2 Å². The monoisotopic (exact) mass is 409 g/mol. The van der Waals surface area contributed by atoms with Crippen molar-refractivity contribution in [3.8, 4) is 0 Å². The molecule has 0 aliphatic rings. The molecule has 0 saturated heterocycles. The van der Waals surface area contributed by atoms with E-state index >= 15 is 0 Å². The van der Waals surface area contributed by atoms with Gasteiger partial charge in [-0.3, -0.25) is 14.7 Å². The highest BCUT2D eigenvalue weighted by Gasteiger charge is 2.21. The Morgan fingerprint density at radius 2 is 1.93 bits per heavy atom. The third kappa shape index (κ3) is 4.99. The lowest BCUT2D eigenvalue weighted by Crippen LogP contribution is -2.31. The molecule has 0 bridgehead atoms. The van der Waals surface area contributed by atoms with E-state index < -0.39 is 11.8 Å². The average Bonchev–Trinajstić information content (AvgIpc) is 2.68. The normalized spacial score (nSPS) is 11.0. The van der Waals surface area contributed by atoms with Gasteiger partial charge in [0, 0.05) is 17.6 Å². The molecule has 0 fully saturated rings. The molecule has 6 nitrogen and oxygen atoms in total. The van der Waals surface area contributed by atoms with Crippen molar-refractivity contribution in [2.45, 2.75) is 20.4 Å². The van der Waals surface area contributed by atoms with Crippen LogP contribution in [-0.4, -0.2) is 42.0 Å². The largest absolute Gasteiger partial charge is 0.462 e. The number of carbonyl (C=O) groups excluding carboxylic acids is 2. The molecule has 0 unspecified atom stereocenters. The van der Waals surface area contributed by atoms with Gasteiger partial charge in [0.2, 0.25) is 5.91 Å². The van der Waals surface area contributed by atoms with Crippen molar-refractivity contribution < 1.29 is 18.7 Å². The number of nitrogens with one attached hydrogen (secondary N) is 1. The summed E-state index contributed by atoms with van der Waals surface area (Å²) in [5, 5.41) is 3.55. The molecular weight excluding hydrogens is 385 g/mol. The van der Waals surface area contributed by atoms with Gasteiger partial charge in [0.25, 0.3) is 0 Å². The van der Waals surface area contributed by atoms with Crippen molar-refractivity contribution in [3.63, 3.8) is 0 Å². The van der Waals surface area contributed by atoms with Gasteiger partial charge in [-0.15, -0.1) is 0 Å². The summed E-state index contributed by atoms with van der Waals surface area (Å²) in [5.74, 6) is -1.14. The summed E-state index contributed by atoms with van der Waals surface area (Å²) in [5.41, 5.74) is 2.93. The molecular formula is C23H24FN3O3. The Morgan fingerprint density at radius 3 is 2.67 bits per heavy atom. The number of halogens is 1. The second-order valence-electron chi connectivity index (χ2n) is 7.03. The molecule has 1 heterocycles. The number of benzene rings is 2. The molecule has 1 N–H and O–H groups in total. The van der Waals surface area contributed by atoms with Crippen LogP contribution in [0.3, 0.4) is 0 Å². The summed E-state index contributed by atoms with van der Waals surface area (Å²) in [6, 6.07) is 13.3. The van der Waals surface area contributed by atoms with Crippen LogP contribution in [-0.2, 0) is 16.1 Å². The second kappa shape index (κ2) is 9.45. The zero-order chi connectivity index (χ0) is 21.7. The van der Waals surface area contributed by atoms with E-state index in [1.807, 2.05) is 31.2 Å². The minimum Gasteiger partial charge on any atom is -0.462 e. The van der Waals surface area contributed by atoms with Crippen LogP contribution in [0.2, 0.25) is 0 Å². The van der Waals surface area contributed by atoms with E-state index in [0.29, 0.717) is 16.9 Å². The van der Waals surface area contributed by atoms with Crippen LogP contribution in [0.4, 0.5) is 10.1 Å². The summed E-state index contributed by atoms with van der Waals surface area (Å²) in [7, 11) is 1.76. The van der Waals surface area contributed by atoms with E-state index in [1.54, 1.807) is 24.9 Å². The second-order valence-corrected chi connectivity index (χ2v) is 7.03. The van der Waals surface area contributed by atoms with Crippen molar-refractivity contribution >= 4 is 28.5 Å². The topological polar surface area (TPSA) is 71.5 Å². The number of nitrogens with zero attached hydrogens (tertiary/aromatic N) is 2. The standard InChI is InChI=1S/C23H24FN3O3/c1-4-30-23(29)22-15(2)18-10-5-6-11-19(18)26-20(22)13-27(3)14-21(28)25-17-9-7-8-16(24)12-17/h5-12H,4,13-14H2,1-3H3,(H,25,28). The minimum absolute atomic E-state index is 0.0479. The maximum atomic E-state index is 13.3. The molecule has 0 aliphatic heterocycles. The van der Waals surface area contributed by atoms with Crippen molar-refractivity contribution in [1.29, 1.82) is 0 Å². The first-order valence-electron chi connectivity index (χ1n) is 9.68. The number of aryl methyl sites for hydroxylation is 1. The van der Waals surface area contributed by atoms with E-state index in [1.165, 1.54) is 18.2 Å². The third-order valence-electron chi connectivity index (χ3n) is 4.65. The number of amides is 1. The Labute approximate surface area is 174 Å². The molecule has 3 rings (SSSR count). The Balaban J connectivity index is 1.82. The molecule has 0 saturated carbocycles. The zero-order valence-electron chi connectivity index (χ0n) is 17.2. The smallest absolute Gasteiger partial charge is 0.340 e. The Hall–Kier alpha value is -3.32. The number of fused-ring (bicyclic) bond motifs is 1. The SMILES string of the molecule is CCOC(=O)c1c(CN(C)CC(=O)Nc2cccc(F)c2)nc2ccccc2c1C. The molecule has 0 atom stereocenters. The number of rotatable bonds is 7. The summed E-state index contributed by atoms with van der Waals surface area (Å²) in [6.07, 6.45) is 0. The fourth-order valence-corrected chi connectivity index (χ4v) is 3.35. The first kappa shape index (κ1) is 21.4. The third-order valence-corrected chi connectivity index (χ3v) is 4.65. The maximum absolute atomic E-state index is 13.3. The van der Waals surface area contributed by atoms with Gasteiger partial charge >= 0.3 is 5.97 Å². The van der Waals surface area contributed by atoms with Gasteiger partial charge in [-0.05, 0) is 50.7 Å². The van der Waals surface area contributed by atoms with E-state index in [-0.39, 0.29) is 25.6 Å². The van der Waals surface area contributed by atoms with Crippen LogP contribution < -0.4 is 5.32 Å². The van der Waals surface area contributed by atoms with Crippen LogP contribution in [0.1, 0.15) is 28.5 Å². The molecule has 0 spiro atoms. The number of anilines is 1. The quantitative estimate of drug-likeness (QED) is 0.599. The summed E-state index contributed by atoms with van der Waals surface area (Å²) < 4.78 is 18.5. The van der Waals surface area contributed by atoms with Crippen LogP contribution in [0.15, 0.2) is 48.5 Å². The predicted octanol–water partition coefficient (Wildman–Crippen LogP) is 3.93. The van der Waals surface area contributed by atoms with Gasteiger partial charge in [0.1, 0.15) is 5.82 Å². The number of likely N-dealkylation sites (N-methyl/N-ethyl adjacent to an activating group) is 1. The maximum Gasteiger partial charge on any atom is 0.340 e. The van der Waals surface area contributed by atoms with Crippen LogP contribution in [0.25, 0.3) is 10.9 Å². The first-order valence-corrected chi connectivity index (χ1v) is 9.68. The zero-order valence-corrected chi connectivity index (χ0v) is 17.2. The summed E-state index contributed by atoms with van der Waals surface area (Å²) >= 11 is 0. The number of hydrogen-bond acceptors (Lipinski definition) is 5. The van der Waals surface area contributed by atoms with E-state index in [2.05, 4.69) is 10.3 Å². The number of ether oxygens (including phenoxy) is 1. The lowest BCUT2D eigenvalue weighted by Gasteiger charge is -2.19. The Bertz CT molecular complexity index is 1080. The molecule has 0 aliphatic carbocycles. The van der Waals surface area contributed by atoms with E-state index in [0.717, 1.165) is 16.5 Å². The Morgan fingerprint density at radius 1 is 1.17 bits per heavy atom. The highest BCUT2D eigenvalue weighted by molar-refractivity contribution is 5.98. The molecule has 30 heavy (non-hydrogen) atoms. The van der Waals surface area contributed by atoms with Gasteiger partial charge in [-0.2, -0.15) is 0 Å². The molecule has 1 amide bonds. The fraction of sp³-hybridized carbons (Fsp3) is 0.261. The highest BCUT2D eigenvalue weighted by atomic mass is 19.1. The lowest BCUT2D eigenvalue weighted by atomic mass is 10.0. The molecule has 156 valence electrons. The number of pyridine rings is 1. The van der Waals surface area contributed by atoms with E-state index in [4.69, 9.17) is 4.74 Å². The van der Waals surface area contributed by atoms with Crippen molar-refractivity contribution in [2.75, 3.05) is 25.5 Å². The molecule has 2 aromatic carbocycles. The van der Waals surface area contributed by atoms with E-state index in [9.17, 15) is 14.0 Å². The van der Waals surface area contributed by atoms with Crippen LogP contribution in [0.5, 0.6) is 0 Å². The predicted molar refractivity (Wildman–Crippen MR) is 114 cm³/mol. The van der Waals surface area contributed by atoms with Gasteiger partial charge in [0.15, 0.2) is 0 Å². The summed E-state index contributed by atoms with van der Waals surface area (Å²) in [4.78, 5) is 31.4. The highest BCUT2D eigenvalue weighted by Crippen LogP contribution is 2.24. The fourth-order valence-electron chi connectivity index (χ4n) is 3.35. The van der Waals surface area contributed by atoms with Gasteiger partial charge < -0.3 is 10.1 Å². The average molecular weight is 409 g/mol. The van der Waals surface area contributed by atoms with Gasteiger partial charge in [-0.25, -0.2) is 9.18 Å². The molecule has 3 aromatic rings. The summed E-state index contributed by atoms with van der Waals surface area (Å²) in [6.45, 7) is 4.21. The number of para-hydroxylation sites is 1. The molecule has 0 radical (unpaired) electrons. The number of esters is 1. The number of hydrogen-bond donors (Lipinski definition) is 1. The lowest BCUT2D eigenvalue weighted by molar-refractivity contribution is -0.117. The van der Waals surface area contributed by atoms with Gasteiger partial charge in [0.05, 0.1) is 29.9 Å².